The van der Waals surface area contributed by atoms with E-state index in [0.29, 0.717) is 23.6 Å². The molecule has 10 heteroatoms. The molecule has 3 aromatic carbocycles. The highest BCUT2D eigenvalue weighted by molar-refractivity contribution is 7.86. The zero-order valence-corrected chi connectivity index (χ0v) is 29.0. The molecule has 1 aliphatic heterocycles. The molecule has 3 aromatic rings. The van der Waals surface area contributed by atoms with Gasteiger partial charge in [0.15, 0.2) is 6.04 Å². The summed E-state index contributed by atoms with van der Waals surface area (Å²) < 4.78 is 40.5. The Balaban J connectivity index is 1.34. The second-order valence-electron chi connectivity index (χ2n) is 12.4. The molecule has 1 aliphatic rings. The van der Waals surface area contributed by atoms with Crippen LogP contribution < -0.4 is 9.75 Å². The average molecular weight is 675 g/mol. The van der Waals surface area contributed by atoms with Crippen LogP contribution in [0.25, 0.3) is 0 Å². The summed E-state index contributed by atoms with van der Waals surface area (Å²) in [6, 6.07) is 21.0. The predicted octanol–water partition coefficient (Wildman–Crippen LogP) is 10.8. The molecule has 1 atom stereocenters. The largest absolute Gasteiger partial charge is 0.456 e. The Bertz CT molecular complexity index is 1580. The smallest absolute Gasteiger partial charge is 0.298 e. The standard InChI is InChI=1S/C38H50N4O5S/c1-2-3-4-5-6-7-8-9-10-11-12-13-14-15-22-27-34-37(40-39-31-23-18-16-19-24-31)38(43)42(41-34)32-28-29-35(36(30-32)48(44,45)46)47-33-25-20-17-21-26-33/h16-21,23-26,28-30,37H,2-15,22,27H2,1H3,(H,44,45,46). The number of nitrogens with zero attached hydrogens (tertiary/aromatic N) is 4. The number of benzene rings is 3. The molecular formula is C38H50N4O5S. The molecule has 0 saturated carbocycles. The summed E-state index contributed by atoms with van der Waals surface area (Å²) in [5, 5.41) is 14.4. The Kier molecular flexibility index (Phi) is 15.2. The molecule has 0 aliphatic carbocycles. The molecular weight excluding hydrogens is 625 g/mol. The molecule has 1 N–H and O–H groups in total. The van der Waals surface area contributed by atoms with Gasteiger partial charge in [0.05, 0.1) is 17.1 Å². The van der Waals surface area contributed by atoms with Gasteiger partial charge in [-0.15, -0.1) is 0 Å². The fourth-order valence-electron chi connectivity index (χ4n) is 5.80. The lowest BCUT2D eigenvalue weighted by Gasteiger charge is -2.15. The fraction of sp³-hybridized carbons (Fsp3) is 0.474. The molecule has 0 radical (unpaired) electrons. The van der Waals surface area contributed by atoms with E-state index in [0.717, 1.165) is 24.3 Å². The maximum Gasteiger partial charge on any atom is 0.298 e. The van der Waals surface area contributed by atoms with Crippen molar-refractivity contribution in [2.24, 2.45) is 15.3 Å². The van der Waals surface area contributed by atoms with Crippen molar-refractivity contribution in [3.05, 3.63) is 78.9 Å². The summed E-state index contributed by atoms with van der Waals surface area (Å²) in [6.45, 7) is 2.26. The lowest BCUT2D eigenvalue weighted by molar-refractivity contribution is -0.117. The number of carbonyl (C=O) groups is 1. The molecule has 1 amide bonds. The zero-order chi connectivity index (χ0) is 34.0. The van der Waals surface area contributed by atoms with E-state index in [4.69, 9.17) is 4.74 Å². The lowest BCUT2D eigenvalue weighted by atomic mass is 10.0. The van der Waals surface area contributed by atoms with Crippen LogP contribution in [-0.2, 0) is 14.9 Å². The van der Waals surface area contributed by atoms with Gasteiger partial charge in [-0.1, -0.05) is 133 Å². The van der Waals surface area contributed by atoms with Crippen LogP contribution in [0.4, 0.5) is 11.4 Å². The van der Waals surface area contributed by atoms with Crippen LogP contribution in [0, 0.1) is 0 Å². The van der Waals surface area contributed by atoms with Crippen LogP contribution in [0.15, 0.2) is 99.1 Å². The number of hydrazone groups is 1. The Morgan fingerprint density at radius 2 is 1.29 bits per heavy atom. The number of unbranched alkanes of at least 4 members (excludes halogenated alkanes) is 14. The molecule has 1 heterocycles. The van der Waals surface area contributed by atoms with Crippen LogP contribution in [-0.4, -0.2) is 30.6 Å². The number of amides is 1. The minimum atomic E-state index is -4.69. The molecule has 1 unspecified atom stereocenters. The Morgan fingerprint density at radius 1 is 0.750 bits per heavy atom. The van der Waals surface area contributed by atoms with Gasteiger partial charge in [0.25, 0.3) is 16.0 Å². The lowest BCUT2D eigenvalue weighted by Crippen LogP contribution is -2.30. The van der Waals surface area contributed by atoms with Gasteiger partial charge in [0.2, 0.25) is 0 Å². The van der Waals surface area contributed by atoms with Gasteiger partial charge in [0.1, 0.15) is 16.4 Å². The van der Waals surface area contributed by atoms with Crippen molar-refractivity contribution in [3.8, 4) is 11.5 Å². The predicted molar refractivity (Wildman–Crippen MR) is 192 cm³/mol. The first-order valence-electron chi connectivity index (χ1n) is 17.6. The van der Waals surface area contributed by atoms with Gasteiger partial charge in [-0.2, -0.15) is 28.8 Å². The highest BCUT2D eigenvalue weighted by Crippen LogP contribution is 2.34. The average Bonchev–Trinajstić information content (AvgIpc) is 3.40. The van der Waals surface area contributed by atoms with Crippen LogP contribution in [0.2, 0.25) is 0 Å². The molecule has 0 spiro atoms. The number of rotatable bonds is 22. The van der Waals surface area contributed by atoms with Crippen molar-refractivity contribution < 1.29 is 22.5 Å². The van der Waals surface area contributed by atoms with Gasteiger partial charge >= 0.3 is 0 Å². The molecule has 0 bridgehead atoms. The van der Waals surface area contributed by atoms with E-state index in [-0.39, 0.29) is 11.4 Å². The first kappa shape index (κ1) is 36.9. The van der Waals surface area contributed by atoms with E-state index < -0.39 is 27.0 Å². The number of para-hydroxylation sites is 1. The first-order valence-corrected chi connectivity index (χ1v) is 19.0. The molecule has 0 aromatic heterocycles. The Hall–Kier alpha value is -3.89. The highest BCUT2D eigenvalue weighted by Gasteiger charge is 2.37. The summed E-state index contributed by atoms with van der Waals surface area (Å²) in [6.07, 6.45) is 19.5. The van der Waals surface area contributed by atoms with Crippen molar-refractivity contribution in [2.75, 3.05) is 5.01 Å². The van der Waals surface area contributed by atoms with E-state index in [1.54, 1.807) is 42.5 Å². The summed E-state index contributed by atoms with van der Waals surface area (Å²) in [7, 11) is -4.69. The number of anilines is 1. The van der Waals surface area contributed by atoms with Crippen LogP contribution in [0.5, 0.6) is 11.5 Å². The van der Waals surface area contributed by atoms with Gasteiger partial charge < -0.3 is 4.74 Å². The summed E-state index contributed by atoms with van der Waals surface area (Å²) in [5.74, 6) is -0.109. The van der Waals surface area contributed by atoms with Crippen molar-refractivity contribution in [1.82, 2.24) is 0 Å². The zero-order valence-electron chi connectivity index (χ0n) is 28.2. The van der Waals surface area contributed by atoms with E-state index in [2.05, 4.69) is 22.3 Å². The van der Waals surface area contributed by atoms with Crippen LogP contribution >= 0.6 is 0 Å². The number of hydrogen-bond acceptors (Lipinski definition) is 7. The summed E-state index contributed by atoms with van der Waals surface area (Å²) >= 11 is 0. The molecule has 258 valence electrons. The van der Waals surface area contributed by atoms with Crippen molar-refractivity contribution in [3.63, 3.8) is 0 Å². The Labute approximate surface area is 286 Å². The fourth-order valence-corrected chi connectivity index (χ4v) is 6.44. The Morgan fingerprint density at radius 3 is 1.85 bits per heavy atom. The molecule has 48 heavy (non-hydrogen) atoms. The molecule has 0 fully saturated rings. The van der Waals surface area contributed by atoms with Crippen LogP contribution in [0.3, 0.4) is 0 Å². The first-order chi connectivity index (χ1) is 23.4. The maximum atomic E-state index is 13.6. The summed E-state index contributed by atoms with van der Waals surface area (Å²) in [5.41, 5.74) is 1.37. The molecule has 9 nitrogen and oxygen atoms in total. The minimum Gasteiger partial charge on any atom is -0.456 e. The second kappa shape index (κ2) is 19.8. The van der Waals surface area contributed by atoms with Gasteiger partial charge in [-0.25, -0.2) is 0 Å². The molecule has 0 saturated heterocycles. The normalized spacial score (nSPS) is 15.0. The van der Waals surface area contributed by atoms with Gasteiger partial charge in [-0.3, -0.25) is 9.35 Å². The van der Waals surface area contributed by atoms with Gasteiger partial charge in [0, 0.05) is 0 Å². The van der Waals surface area contributed by atoms with E-state index in [9.17, 15) is 17.8 Å². The molecule has 4 rings (SSSR count). The number of ether oxygens (including phenoxy) is 1. The van der Waals surface area contributed by atoms with Gasteiger partial charge in [-0.05, 0) is 55.3 Å². The van der Waals surface area contributed by atoms with Crippen LogP contribution in [0.1, 0.15) is 110 Å². The maximum absolute atomic E-state index is 13.6. The van der Waals surface area contributed by atoms with E-state index in [1.807, 2.05) is 18.2 Å². The third-order valence-corrected chi connectivity index (χ3v) is 9.36. The SMILES string of the molecule is CCCCCCCCCCCCCCCCCC1=NN(c2ccc(Oc3ccccc3)c(S(=O)(=O)O)c2)C(=O)C1N=Nc1ccccc1. The van der Waals surface area contributed by atoms with E-state index >= 15 is 0 Å². The third kappa shape index (κ3) is 12.0. The monoisotopic (exact) mass is 674 g/mol. The second-order valence-corrected chi connectivity index (χ2v) is 13.8. The van der Waals surface area contributed by atoms with Crippen molar-refractivity contribution in [2.45, 2.75) is 121 Å². The van der Waals surface area contributed by atoms with Crippen molar-refractivity contribution >= 4 is 33.1 Å². The number of hydrogen-bond donors (Lipinski definition) is 1. The number of azo groups is 1. The topological polar surface area (TPSA) is 121 Å². The minimum absolute atomic E-state index is 0.0681. The summed E-state index contributed by atoms with van der Waals surface area (Å²) in [4.78, 5) is 13.2. The quantitative estimate of drug-likeness (QED) is 0.0646. The third-order valence-electron chi connectivity index (χ3n) is 8.49. The van der Waals surface area contributed by atoms with E-state index in [1.165, 1.54) is 95.2 Å². The number of carbonyl (C=O) groups excluding carboxylic acids is 1. The van der Waals surface area contributed by atoms with Crippen molar-refractivity contribution in [1.29, 1.82) is 0 Å². The highest BCUT2D eigenvalue weighted by atomic mass is 32.2.